The van der Waals surface area contributed by atoms with Gasteiger partial charge >= 0.3 is 0 Å². The first-order valence-electron chi connectivity index (χ1n) is 8.87. The number of carbonyl (C=O) groups is 1. The molecular weight excluding hydrogens is 288 g/mol. The number of nitrogens with zero attached hydrogens (tertiary/aromatic N) is 2. The highest BCUT2D eigenvalue weighted by Crippen LogP contribution is 2.35. The van der Waals surface area contributed by atoms with Gasteiger partial charge < -0.3 is 10.0 Å². The number of aliphatic hydroxyl groups is 1. The van der Waals surface area contributed by atoms with Crippen molar-refractivity contribution in [2.75, 3.05) is 19.6 Å². The highest BCUT2D eigenvalue weighted by atomic mass is 16.3. The lowest BCUT2D eigenvalue weighted by molar-refractivity contribution is -0.136. The van der Waals surface area contributed by atoms with Crippen molar-refractivity contribution in [2.24, 2.45) is 5.92 Å². The minimum Gasteiger partial charge on any atom is -0.392 e. The molecule has 1 aromatic carbocycles. The molecule has 1 saturated carbocycles. The summed E-state index contributed by atoms with van der Waals surface area (Å²) in [5, 5.41) is 9.81. The average Bonchev–Trinajstić information content (AvgIpc) is 3.38. The summed E-state index contributed by atoms with van der Waals surface area (Å²) in [6, 6.07) is 10.5. The van der Waals surface area contributed by atoms with Gasteiger partial charge in [0.05, 0.1) is 12.6 Å². The van der Waals surface area contributed by atoms with E-state index in [2.05, 4.69) is 24.0 Å². The summed E-state index contributed by atoms with van der Waals surface area (Å²) in [4.78, 5) is 17.1. The molecule has 1 aliphatic carbocycles. The van der Waals surface area contributed by atoms with Crippen LogP contribution in [0.15, 0.2) is 30.3 Å². The molecule has 4 nitrogen and oxygen atoms in total. The van der Waals surface area contributed by atoms with Gasteiger partial charge in [0.1, 0.15) is 0 Å². The maximum absolute atomic E-state index is 12.9. The summed E-state index contributed by atoms with van der Waals surface area (Å²) >= 11 is 0. The molecule has 1 aromatic rings. The van der Waals surface area contributed by atoms with Crippen LogP contribution >= 0.6 is 0 Å². The Balaban J connectivity index is 1.65. The maximum atomic E-state index is 12.9. The fourth-order valence-electron chi connectivity index (χ4n) is 3.53. The molecule has 2 fully saturated rings. The van der Waals surface area contributed by atoms with Gasteiger partial charge in [0.25, 0.3) is 0 Å². The quantitative estimate of drug-likeness (QED) is 0.875. The molecule has 1 amide bonds. The molecule has 126 valence electrons. The van der Waals surface area contributed by atoms with Crippen molar-refractivity contribution in [3.8, 4) is 0 Å². The predicted octanol–water partition coefficient (Wildman–Crippen LogP) is 2.27. The normalized spacial score (nSPS) is 23.5. The van der Waals surface area contributed by atoms with Crippen LogP contribution in [0.25, 0.3) is 0 Å². The van der Waals surface area contributed by atoms with E-state index in [9.17, 15) is 9.90 Å². The van der Waals surface area contributed by atoms with Crippen LogP contribution < -0.4 is 0 Å². The number of carbonyl (C=O) groups excluding carboxylic acids is 1. The Bertz CT molecular complexity index is 515. The maximum Gasteiger partial charge on any atom is 0.237 e. The first-order chi connectivity index (χ1) is 11.1. The first kappa shape index (κ1) is 16.5. The Labute approximate surface area is 139 Å². The second-order valence-corrected chi connectivity index (χ2v) is 7.12. The van der Waals surface area contributed by atoms with Gasteiger partial charge in [-0.2, -0.15) is 0 Å². The molecule has 3 rings (SSSR count). The van der Waals surface area contributed by atoms with Gasteiger partial charge in [-0.05, 0) is 50.6 Å². The van der Waals surface area contributed by atoms with E-state index in [0.717, 1.165) is 19.4 Å². The van der Waals surface area contributed by atoms with Crippen LogP contribution in [-0.2, 0) is 11.3 Å². The number of hydrogen-bond acceptors (Lipinski definition) is 3. The van der Waals surface area contributed by atoms with Crippen molar-refractivity contribution < 1.29 is 9.90 Å². The predicted molar refractivity (Wildman–Crippen MR) is 90.9 cm³/mol. The molecule has 0 spiro atoms. The van der Waals surface area contributed by atoms with Gasteiger partial charge in [-0.3, -0.25) is 9.69 Å². The Morgan fingerprint density at radius 1 is 1.30 bits per heavy atom. The molecule has 1 N–H and O–H groups in total. The highest BCUT2D eigenvalue weighted by Gasteiger charge is 2.35. The van der Waals surface area contributed by atoms with E-state index < -0.39 is 0 Å². The van der Waals surface area contributed by atoms with E-state index in [1.807, 2.05) is 23.1 Å². The average molecular weight is 316 g/mol. The van der Waals surface area contributed by atoms with Crippen molar-refractivity contribution in [1.29, 1.82) is 0 Å². The summed E-state index contributed by atoms with van der Waals surface area (Å²) in [5.74, 6) is 0.858. The minimum absolute atomic E-state index is 0.197. The Kier molecular flexibility index (Phi) is 5.34. The number of piperidine rings is 1. The van der Waals surface area contributed by atoms with Crippen molar-refractivity contribution >= 4 is 5.91 Å². The molecule has 2 aliphatic rings. The monoisotopic (exact) mass is 316 g/mol. The van der Waals surface area contributed by atoms with Crippen LogP contribution in [0.3, 0.4) is 0 Å². The number of amides is 1. The van der Waals surface area contributed by atoms with Crippen molar-refractivity contribution in [1.82, 2.24) is 9.80 Å². The van der Waals surface area contributed by atoms with E-state index in [1.165, 1.54) is 18.4 Å². The number of benzene rings is 1. The van der Waals surface area contributed by atoms with Crippen LogP contribution in [0, 0.1) is 5.92 Å². The molecule has 1 aliphatic heterocycles. The van der Waals surface area contributed by atoms with Crippen LogP contribution in [0.5, 0.6) is 0 Å². The standard InChI is InChI=1S/C19H28N2O2/c1-15(17-9-10-17)21(12-16-6-3-2-4-7-16)19(23)14-20-11-5-8-18(22)13-20/h2-4,6-7,15,17-18,22H,5,8-14H2,1H3. The zero-order valence-corrected chi connectivity index (χ0v) is 14.0. The third-order valence-electron chi connectivity index (χ3n) is 5.15. The SMILES string of the molecule is CC(C1CC1)N(Cc1ccccc1)C(=O)CN1CCCC(O)C1. The molecule has 2 unspecified atom stereocenters. The summed E-state index contributed by atoms with van der Waals surface area (Å²) in [6.45, 7) is 4.85. The van der Waals surface area contributed by atoms with E-state index in [1.54, 1.807) is 0 Å². The topological polar surface area (TPSA) is 43.8 Å². The van der Waals surface area contributed by atoms with Gasteiger partial charge in [-0.25, -0.2) is 0 Å². The van der Waals surface area contributed by atoms with Gasteiger partial charge in [0, 0.05) is 19.1 Å². The van der Waals surface area contributed by atoms with E-state index >= 15 is 0 Å². The third kappa shape index (κ3) is 4.55. The van der Waals surface area contributed by atoms with Gasteiger partial charge in [-0.15, -0.1) is 0 Å². The van der Waals surface area contributed by atoms with Crippen LogP contribution in [-0.4, -0.2) is 52.6 Å². The molecule has 1 heterocycles. The number of β-amino-alcohol motifs (C(OH)–C–C–N with tert-alkyl or cyclic N) is 1. The molecule has 1 saturated heterocycles. The summed E-state index contributed by atoms with van der Waals surface area (Å²) in [7, 11) is 0. The van der Waals surface area contributed by atoms with Crippen LogP contribution in [0.4, 0.5) is 0 Å². The Hall–Kier alpha value is -1.39. The second kappa shape index (κ2) is 7.45. The van der Waals surface area contributed by atoms with E-state index in [0.29, 0.717) is 31.6 Å². The summed E-state index contributed by atoms with van der Waals surface area (Å²) < 4.78 is 0. The lowest BCUT2D eigenvalue weighted by atomic mass is 10.1. The smallest absolute Gasteiger partial charge is 0.237 e. The van der Waals surface area contributed by atoms with Gasteiger partial charge in [-0.1, -0.05) is 30.3 Å². The fourth-order valence-corrected chi connectivity index (χ4v) is 3.53. The van der Waals surface area contributed by atoms with Crippen molar-refractivity contribution in [2.45, 2.75) is 51.3 Å². The molecule has 0 bridgehead atoms. The number of rotatable bonds is 6. The van der Waals surface area contributed by atoms with Crippen molar-refractivity contribution in [3.63, 3.8) is 0 Å². The lowest BCUT2D eigenvalue weighted by Gasteiger charge is -2.34. The highest BCUT2D eigenvalue weighted by molar-refractivity contribution is 5.78. The zero-order chi connectivity index (χ0) is 16.2. The van der Waals surface area contributed by atoms with E-state index in [4.69, 9.17) is 0 Å². The zero-order valence-electron chi connectivity index (χ0n) is 14.0. The number of likely N-dealkylation sites (tertiary alicyclic amines) is 1. The summed E-state index contributed by atoms with van der Waals surface area (Å²) in [6.07, 6.45) is 4.03. The molecule has 0 aromatic heterocycles. The van der Waals surface area contributed by atoms with Crippen molar-refractivity contribution in [3.05, 3.63) is 35.9 Å². The largest absolute Gasteiger partial charge is 0.392 e. The first-order valence-corrected chi connectivity index (χ1v) is 8.87. The molecule has 0 radical (unpaired) electrons. The van der Waals surface area contributed by atoms with Gasteiger partial charge in [0.15, 0.2) is 0 Å². The molecule has 2 atom stereocenters. The Morgan fingerprint density at radius 3 is 2.70 bits per heavy atom. The minimum atomic E-state index is -0.278. The van der Waals surface area contributed by atoms with Gasteiger partial charge in [0.2, 0.25) is 5.91 Å². The van der Waals surface area contributed by atoms with Crippen LogP contribution in [0.2, 0.25) is 0 Å². The molecule has 23 heavy (non-hydrogen) atoms. The summed E-state index contributed by atoms with van der Waals surface area (Å²) in [5.41, 5.74) is 1.19. The number of hydrogen-bond donors (Lipinski definition) is 1. The second-order valence-electron chi connectivity index (χ2n) is 7.12. The third-order valence-corrected chi connectivity index (χ3v) is 5.15. The van der Waals surface area contributed by atoms with E-state index in [-0.39, 0.29) is 12.0 Å². The number of aliphatic hydroxyl groups excluding tert-OH is 1. The molecular formula is C19H28N2O2. The lowest BCUT2D eigenvalue weighted by Crippen LogP contribution is -2.48. The Morgan fingerprint density at radius 2 is 2.04 bits per heavy atom. The van der Waals surface area contributed by atoms with Crippen LogP contribution in [0.1, 0.15) is 38.2 Å². The molecule has 4 heteroatoms. The fraction of sp³-hybridized carbons (Fsp3) is 0.632.